The molecular formula is C23H23N3O6. The summed E-state index contributed by atoms with van der Waals surface area (Å²) in [5.41, 5.74) is 4.60. The number of hydrazone groups is 1. The average Bonchev–Trinajstić information content (AvgIpc) is 3.27. The lowest BCUT2D eigenvalue weighted by Crippen LogP contribution is -2.18. The number of furan rings is 1. The van der Waals surface area contributed by atoms with E-state index < -0.39 is 5.97 Å². The van der Waals surface area contributed by atoms with Gasteiger partial charge in [0.25, 0.3) is 5.91 Å². The largest absolute Gasteiger partial charge is 0.493 e. The number of anilines is 1. The van der Waals surface area contributed by atoms with E-state index in [2.05, 4.69) is 10.5 Å². The van der Waals surface area contributed by atoms with Crippen LogP contribution in [0.1, 0.15) is 32.2 Å². The van der Waals surface area contributed by atoms with E-state index in [4.69, 9.17) is 19.0 Å². The molecule has 1 heterocycles. The van der Waals surface area contributed by atoms with Crippen LogP contribution in [0.2, 0.25) is 0 Å². The molecule has 1 aromatic heterocycles. The fourth-order valence-corrected chi connectivity index (χ4v) is 2.76. The van der Waals surface area contributed by atoms with Crippen molar-refractivity contribution in [3.8, 4) is 11.5 Å². The van der Waals surface area contributed by atoms with Crippen molar-refractivity contribution < 1.29 is 28.6 Å². The second kappa shape index (κ2) is 10.2. The van der Waals surface area contributed by atoms with Crippen molar-refractivity contribution in [3.05, 3.63) is 77.2 Å². The molecule has 0 saturated carbocycles. The van der Waals surface area contributed by atoms with E-state index in [9.17, 15) is 9.59 Å². The number of nitrogens with one attached hydrogen (secondary N) is 1. The fourth-order valence-electron chi connectivity index (χ4n) is 2.76. The van der Waals surface area contributed by atoms with Gasteiger partial charge >= 0.3 is 5.97 Å². The van der Waals surface area contributed by atoms with Crippen molar-refractivity contribution in [3.63, 3.8) is 0 Å². The molecule has 9 nitrogen and oxygen atoms in total. The number of aromatic carboxylic acids is 1. The molecule has 0 aliphatic rings. The van der Waals surface area contributed by atoms with Crippen LogP contribution in [0.4, 0.5) is 5.69 Å². The first kappa shape index (κ1) is 22.4. The number of rotatable bonds is 9. The first-order valence-electron chi connectivity index (χ1n) is 9.61. The van der Waals surface area contributed by atoms with Crippen LogP contribution in [0.25, 0.3) is 0 Å². The van der Waals surface area contributed by atoms with Gasteiger partial charge in [-0.15, -0.1) is 0 Å². The van der Waals surface area contributed by atoms with Crippen molar-refractivity contribution in [2.75, 3.05) is 26.1 Å². The van der Waals surface area contributed by atoms with E-state index in [0.29, 0.717) is 28.4 Å². The summed E-state index contributed by atoms with van der Waals surface area (Å²) in [5.74, 6) is -0.355. The summed E-state index contributed by atoms with van der Waals surface area (Å²) in [6, 6.07) is 15.2. The average molecular weight is 437 g/mol. The molecule has 0 atom stereocenters. The molecule has 1 amide bonds. The minimum absolute atomic E-state index is 0.0408. The van der Waals surface area contributed by atoms with Gasteiger partial charge in [0.1, 0.15) is 12.4 Å². The van der Waals surface area contributed by atoms with Gasteiger partial charge in [-0.05, 0) is 54.1 Å². The van der Waals surface area contributed by atoms with Crippen molar-refractivity contribution in [2.45, 2.75) is 6.61 Å². The predicted molar refractivity (Wildman–Crippen MR) is 119 cm³/mol. The van der Waals surface area contributed by atoms with Crippen molar-refractivity contribution in [2.24, 2.45) is 5.10 Å². The highest BCUT2D eigenvalue weighted by Crippen LogP contribution is 2.28. The molecule has 0 aliphatic heterocycles. The van der Waals surface area contributed by atoms with E-state index in [0.717, 1.165) is 5.69 Å². The molecule has 0 bridgehead atoms. The number of benzene rings is 2. The maximum atomic E-state index is 12.3. The lowest BCUT2D eigenvalue weighted by molar-refractivity contribution is 0.0657. The van der Waals surface area contributed by atoms with Crippen LogP contribution in [-0.2, 0) is 6.61 Å². The molecule has 0 aliphatic carbocycles. The number of hydrogen-bond acceptors (Lipinski definition) is 7. The molecule has 0 radical (unpaired) electrons. The number of amides is 1. The molecule has 0 fully saturated rings. The van der Waals surface area contributed by atoms with Gasteiger partial charge in [-0.1, -0.05) is 6.07 Å². The second-order valence-electron chi connectivity index (χ2n) is 6.91. The Morgan fingerprint density at radius 1 is 1.12 bits per heavy atom. The van der Waals surface area contributed by atoms with Gasteiger partial charge in [-0.2, -0.15) is 5.10 Å². The quantitative estimate of drug-likeness (QED) is 0.390. The van der Waals surface area contributed by atoms with E-state index in [1.54, 1.807) is 30.3 Å². The Kier molecular flexibility index (Phi) is 7.12. The van der Waals surface area contributed by atoms with Crippen LogP contribution in [0.3, 0.4) is 0 Å². The molecule has 3 rings (SSSR count). The molecule has 0 unspecified atom stereocenters. The smallest absolute Gasteiger partial charge is 0.371 e. The van der Waals surface area contributed by atoms with Gasteiger partial charge in [-0.3, -0.25) is 4.79 Å². The summed E-state index contributed by atoms with van der Waals surface area (Å²) in [6.07, 6.45) is 1.49. The van der Waals surface area contributed by atoms with E-state index in [1.165, 1.54) is 25.5 Å². The Morgan fingerprint density at radius 2 is 1.94 bits per heavy atom. The van der Waals surface area contributed by atoms with Crippen LogP contribution in [0, 0.1) is 0 Å². The standard InChI is InChI=1S/C23H23N3O6/c1-26(2)17-6-4-5-16(12-17)22(27)25-24-13-15-7-9-19(21(11-15)30-3)31-14-18-8-10-20(32-18)23(28)29/h4-13H,14H2,1-3H3,(H,25,27)(H,28,29)/b24-13-. The fraction of sp³-hybridized carbons (Fsp3) is 0.174. The number of nitrogens with zero attached hydrogens (tertiary/aromatic N) is 2. The molecule has 2 N–H and O–H groups in total. The Labute approximate surface area is 184 Å². The van der Waals surface area contributed by atoms with Gasteiger partial charge in [0.2, 0.25) is 5.76 Å². The monoisotopic (exact) mass is 437 g/mol. The molecular weight excluding hydrogens is 414 g/mol. The van der Waals surface area contributed by atoms with Crippen LogP contribution in [-0.4, -0.2) is 44.4 Å². The van der Waals surface area contributed by atoms with Crippen LogP contribution >= 0.6 is 0 Å². The molecule has 32 heavy (non-hydrogen) atoms. The highest BCUT2D eigenvalue weighted by atomic mass is 16.5. The third kappa shape index (κ3) is 5.66. The summed E-state index contributed by atoms with van der Waals surface area (Å²) in [7, 11) is 5.30. The Balaban J connectivity index is 1.62. The predicted octanol–water partition coefficient (Wildman–Crippen LogP) is 3.40. The molecule has 9 heteroatoms. The minimum atomic E-state index is -1.14. The molecule has 3 aromatic rings. The van der Waals surface area contributed by atoms with E-state index in [-0.39, 0.29) is 18.3 Å². The zero-order valence-electron chi connectivity index (χ0n) is 17.9. The number of carbonyl (C=O) groups excluding carboxylic acids is 1. The molecule has 2 aromatic carbocycles. The third-order valence-electron chi connectivity index (χ3n) is 4.43. The highest BCUT2D eigenvalue weighted by Gasteiger charge is 2.11. The molecule has 0 spiro atoms. The van der Waals surface area contributed by atoms with Crippen molar-refractivity contribution in [1.82, 2.24) is 5.43 Å². The van der Waals surface area contributed by atoms with Crippen LogP contribution < -0.4 is 19.8 Å². The van der Waals surface area contributed by atoms with Crippen LogP contribution in [0.5, 0.6) is 11.5 Å². The van der Waals surface area contributed by atoms with Gasteiger partial charge in [0.15, 0.2) is 11.5 Å². The Morgan fingerprint density at radius 3 is 2.62 bits per heavy atom. The molecule has 166 valence electrons. The molecule has 0 saturated heterocycles. The third-order valence-corrected chi connectivity index (χ3v) is 4.43. The highest BCUT2D eigenvalue weighted by molar-refractivity contribution is 5.95. The minimum Gasteiger partial charge on any atom is -0.493 e. The Bertz CT molecular complexity index is 1140. The van der Waals surface area contributed by atoms with Crippen molar-refractivity contribution >= 4 is 23.8 Å². The normalized spacial score (nSPS) is 10.7. The number of hydrogen-bond donors (Lipinski definition) is 2. The maximum Gasteiger partial charge on any atom is 0.371 e. The number of methoxy groups -OCH3 is 1. The number of carboxylic acids is 1. The lowest BCUT2D eigenvalue weighted by Gasteiger charge is -2.12. The lowest BCUT2D eigenvalue weighted by atomic mass is 10.2. The summed E-state index contributed by atoms with van der Waals surface area (Å²) in [5, 5.41) is 12.9. The second-order valence-corrected chi connectivity index (χ2v) is 6.91. The first-order chi connectivity index (χ1) is 15.4. The Hall–Kier alpha value is -4.27. The van der Waals surface area contributed by atoms with Crippen molar-refractivity contribution in [1.29, 1.82) is 0 Å². The number of carbonyl (C=O) groups is 2. The maximum absolute atomic E-state index is 12.3. The summed E-state index contributed by atoms with van der Waals surface area (Å²) in [4.78, 5) is 25.1. The first-order valence-corrected chi connectivity index (χ1v) is 9.61. The van der Waals surface area contributed by atoms with Gasteiger partial charge in [0.05, 0.1) is 13.3 Å². The van der Waals surface area contributed by atoms with Gasteiger partial charge in [-0.25, -0.2) is 10.2 Å². The zero-order valence-corrected chi connectivity index (χ0v) is 17.9. The zero-order chi connectivity index (χ0) is 23.1. The number of ether oxygens (including phenoxy) is 2. The SMILES string of the molecule is COc1cc(/C=N\NC(=O)c2cccc(N(C)C)c2)ccc1OCc1ccc(C(=O)O)o1. The summed E-state index contributed by atoms with van der Waals surface area (Å²) in [6.45, 7) is 0.0408. The van der Waals surface area contributed by atoms with Crippen LogP contribution in [0.15, 0.2) is 64.1 Å². The van der Waals surface area contributed by atoms with E-state index >= 15 is 0 Å². The van der Waals surface area contributed by atoms with Gasteiger partial charge < -0.3 is 23.9 Å². The van der Waals surface area contributed by atoms with E-state index in [1.807, 2.05) is 31.1 Å². The number of carboxylic acid groups (broad SMARTS) is 1. The topological polar surface area (TPSA) is 114 Å². The summed E-state index contributed by atoms with van der Waals surface area (Å²) >= 11 is 0. The van der Waals surface area contributed by atoms with Gasteiger partial charge in [0, 0.05) is 25.3 Å². The summed E-state index contributed by atoms with van der Waals surface area (Å²) < 4.78 is 16.2.